The van der Waals surface area contributed by atoms with Crippen molar-refractivity contribution in [2.45, 2.75) is 11.5 Å². The lowest BCUT2D eigenvalue weighted by atomic mass is 10.1. The topological polar surface area (TPSA) is 81.4 Å². The van der Waals surface area contributed by atoms with Gasteiger partial charge < -0.3 is 9.26 Å². The number of anilines is 1. The summed E-state index contributed by atoms with van der Waals surface area (Å²) in [6, 6.07) is 11.6. The van der Waals surface area contributed by atoms with Crippen LogP contribution in [0.25, 0.3) is 11.3 Å². The molecule has 6 nitrogen and oxygen atoms in total. The van der Waals surface area contributed by atoms with Gasteiger partial charge in [0.2, 0.25) is 0 Å². The van der Waals surface area contributed by atoms with Gasteiger partial charge in [0.1, 0.15) is 12.4 Å². The molecule has 8 heteroatoms. The maximum atomic E-state index is 12.6. The van der Waals surface area contributed by atoms with E-state index in [1.165, 1.54) is 12.1 Å². The van der Waals surface area contributed by atoms with E-state index in [-0.39, 0.29) is 4.90 Å². The summed E-state index contributed by atoms with van der Waals surface area (Å²) in [5.41, 5.74) is 1.83. The first-order valence-corrected chi connectivity index (χ1v) is 9.30. The Labute approximate surface area is 146 Å². The maximum absolute atomic E-state index is 12.6. The first-order valence-electron chi connectivity index (χ1n) is 7.02. The fourth-order valence-electron chi connectivity index (χ4n) is 2.49. The second kappa shape index (κ2) is 5.64. The number of nitrogens with zero attached hydrogens (tertiary/aromatic N) is 1. The van der Waals surface area contributed by atoms with Crippen LogP contribution in [0.4, 0.5) is 5.69 Å². The molecule has 1 N–H and O–H groups in total. The molecule has 0 radical (unpaired) electrons. The van der Waals surface area contributed by atoms with Crippen LogP contribution >= 0.6 is 15.9 Å². The Morgan fingerprint density at radius 2 is 2.04 bits per heavy atom. The second-order valence-electron chi connectivity index (χ2n) is 5.24. The Balaban J connectivity index is 1.74. The molecule has 0 spiro atoms. The van der Waals surface area contributed by atoms with Gasteiger partial charge in [0, 0.05) is 10.2 Å². The van der Waals surface area contributed by atoms with Crippen LogP contribution in [0, 0.1) is 0 Å². The van der Waals surface area contributed by atoms with Crippen molar-refractivity contribution in [2.24, 2.45) is 0 Å². The van der Waals surface area contributed by atoms with Crippen LogP contribution in [0.2, 0.25) is 0 Å². The zero-order valence-electron chi connectivity index (χ0n) is 12.2. The van der Waals surface area contributed by atoms with Gasteiger partial charge in [0.05, 0.1) is 22.2 Å². The minimum Gasteiger partial charge on any atom is -0.488 e. The van der Waals surface area contributed by atoms with Crippen LogP contribution in [0.5, 0.6) is 5.75 Å². The molecule has 1 aliphatic heterocycles. The van der Waals surface area contributed by atoms with Gasteiger partial charge >= 0.3 is 0 Å². The highest BCUT2D eigenvalue weighted by molar-refractivity contribution is 9.10. The molecule has 0 bridgehead atoms. The molecule has 122 valence electrons. The van der Waals surface area contributed by atoms with Crippen LogP contribution in [-0.4, -0.2) is 13.6 Å². The lowest BCUT2D eigenvalue weighted by Gasteiger charge is -2.17. The Bertz CT molecular complexity index is 1030. The lowest BCUT2D eigenvalue weighted by molar-refractivity contribution is 0.297. The standard InChI is InChI=1S/C16H11BrN2O4S/c17-11-2-1-3-12(6-11)19-24(20,21)13-4-5-15-14(7-13)16-10(9-22-15)8-18-23-16/h1-8,19H,9H2. The number of fused-ring (bicyclic) bond motifs is 3. The molecule has 24 heavy (non-hydrogen) atoms. The molecule has 4 rings (SSSR count). The summed E-state index contributed by atoms with van der Waals surface area (Å²) in [7, 11) is -3.74. The summed E-state index contributed by atoms with van der Waals surface area (Å²) in [6.45, 7) is 0.355. The van der Waals surface area contributed by atoms with E-state index in [2.05, 4.69) is 25.8 Å². The summed E-state index contributed by atoms with van der Waals surface area (Å²) in [6.07, 6.45) is 1.57. The van der Waals surface area contributed by atoms with Crippen molar-refractivity contribution >= 4 is 31.6 Å². The molecule has 1 aliphatic rings. The van der Waals surface area contributed by atoms with E-state index < -0.39 is 10.0 Å². The third kappa shape index (κ3) is 2.67. The van der Waals surface area contributed by atoms with E-state index in [9.17, 15) is 8.42 Å². The number of hydrogen-bond donors (Lipinski definition) is 1. The first-order chi connectivity index (χ1) is 11.5. The van der Waals surface area contributed by atoms with E-state index in [1.54, 1.807) is 30.5 Å². The Kier molecular flexibility index (Phi) is 3.58. The minimum atomic E-state index is -3.74. The molecule has 2 aromatic carbocycles. The van der Waals surface area contributed by atoms with Gasteiger partial charge in [-0.05, 0) is 36.4 Å². The number of ether oxygens (including phenoxy) is 1. The smallest absolute Gasteiger partial charge is 0.261 e. The van der Waals surface area contributed by atoms with Crippen molar-refractivity contribution in [2.75, 3.05) is 4.72 Å². The number of halogens is 1. The molecule has 0 unspecified atom stereocenters. The number of benzene rings is 2. The van der Waals surface area contributed by atoms with Crippen LogP contribution < -0.4 is 9.46 Å². The highest BCUT2D eigenvalue weighted by Crippen LogP contribution is 2.38. The average Bonchev–Trinajstić information content (AvgIpc) is 3.03. The van der Waals surface area contributed by atoms with Crippen LogP contribution in [0.3, 0.4) is 0 Å². The summed E-state index contributed by atoms with van der Waals surface area (Å²) in [4.78, 5) is 0.120. The molecule has 0 aliphatic carbocycles. The van der Waals surface area contributed by atoms with E-state index in [0.717, 1.165) is 10.0 Å². The van der Waals surface area contributed by atoms with Gasteiger partial charge in [-0.1, -0.05) is 27.2 Å². The third-order valence-corrected chi connectivity index (χ3v) is 5.48. The highest BCUT2D eigenvalue weighted by atomic mass is 79.9. The van der Waals surface area contributed by atoms with Gasteiger partial charge in [-0.25, -0.2) is 8.42 Å². The van der Waals surface area contributed by atoms with Crippen molar-refractivity contribution in [1.29, 1.82) is 0 Å². The van der Waals surface area contributed by atoms with Crippen LogP contribution in [-0.2, 0) is 16.6 Å². The number of sulfonamides is 1. The van der Waals surface area contributed by atoms with Crippen molar-refractivity contribution in [1.82, 2.24) is 5.16 Å². The third-order valence-electron chi connectivity index (χ3n) is 3.61. The monoisotopic (exact) mass is 406 g/mol. The molecular formula is C16H11BrN2O4S. The zero-order valence-corrected chi connectivity index (χ0v) is 14.6. The first kappa shape index (κ1) is 15.2. The maximum Gasteiger partial charge on any atom is 0.261 e. The molecule has 0 amide bonds. The molecule has 0 saturated heterocycles. The summed E-state index contributed by atoms with van der Waals surface area (Å²) >= 11 is 3.32. The highest BCUT2D eigenvalue weighted by Gasteiger charge is 2.24. The van der Waals surface area contributed by atoms with E-state index >= 15 is 0 Å². The number of rotatable bonds is 3. The number of nitrogens with one attached hydrogen (secondary N) is 1. The molecule has 1 aromatic heterocycles. The summed E-state index contributed by atoms with van der Waals surface area (Å²) in [5.74, 6) is 1.11. The fraction of sp³-hybridized carbons (Fsp3) is 0.0625. The fourth-order valence-corrected chi connectivity index (χ4v) is 3.96. The second-order valence-corrected chi connectivity index (χ2v) is 7.84. The van der Waals surface area contributed by atoms with Crippen molar-refractivity contribution in [3.63, 3.8) is 0 Å². The van der Waals surface area contributed by atoms with Gasteiger partial charge in [-0.3, -0.25) is 4.72 Å². The van der Waals surface area contributed by atoms with E-state index in [1.807, 2.05) is 6.07 Å². The summed E-state index contributed by atoms with van der Waals surface area (Å²) in [5, 5.41) is 3.75. The van der Waals surface area contributed by atoms with Crippen molar-refractivity contribution < 1.29 is 17.7 Å². The van der Waals surface area contributed by atoms with Gasteiger partial charge in [0.15, 0.2) is 5.76 Å². The van der Waals surface area contributed by atoms with Gasteiger partial charge in [0.25, 0.3) is 10.0 Å². The van der Waals surface area contributed by atoms with Crippen LogP contribution in [0.1, 0.15) is 5.56 Å². The number of aromatic nitrogens is 1. The van der Waals surface area contributed by atoms with E-state index in [0.29, 0.717) is 29.4 Å². The normalized spacial score (nSPS) is 12.9. The van der Waals surface area contributed by atoms with Gasteiger partial charge in [-0.15, -0.1) is 0 Å². The molecule has 2 heterocycles. The molecule has 0 saturated carbocycles. The average molecular weight is 407 g/mol. The van der Waals surface area contributed by atoms with Gasteiger partial charge in [-0.2, -0.15) is 0 Å². The molecule has 3 aromatic rings. The zero-order chi connectivity index (χ0) is 16.7. The van der Waals surface area contributed by atoms with Crippen molar-refractivity contribution in [3.8, 4) is 17.1 Å². The molecule has 0 atom stereocenters. The number of hydrogen-bond acceptors (Lipinski definition) is 5. The van der Waals surface area contributed by atoms with E-state index in [4.69, 9.17) is 9.26 Å². The van der Waals surface area contributed by atoms with Crippen molar-refractivity contribution in [3.05, 3.63) is 58.7 Å². The van der Waals surface area contributed by atoms with Crippen LogP contribution in [0.15, 0.2) is 62.6 Å². The predicted octanol–water partition coefficient (Wildman–Crippen LogP) is 3.80. The molecule has 0 fully saturated rings. The Hall–Kier alpha value is -2.32. The molecular weight excluding hydrogens is 396 g/mol. The Morgan fingerprint density at radius 1 is 1.17 bits per heavy atom. The quantitative estimate of drug-likeness (QED) is 0.715. The summed E-state index contributed by atoms with van der Waals surface area (Å²) < 4.78 is 39.4. The largest absolute Gasteiger partial charge is 0.488 e. The predicted molar refractivity (Wildman–Crippen MR) is 91.2 cm³/mol. The SMILES string of the molecule is O=S(=O)(Nc1cccc(Br)c1)c1ccc2c(c1)-c1oncc1CO2. The lowest BCUT2D eigenvalue weighted by Crippen LogP contribution is -2.13. The Morgan fingerprint density at radius 3 is 2.88 bits per heavy atom. The minimum absolute atomic E-state index is 0.120.